The lowest BCUT2D eigenvalue weighted by atomic mass is 9.90. The van der Waals surface area contributed by atoms with Crippen LogP contribution in [0, 0.1) is 23.5 Å². The molecule has 3 aliphatic rings. The van der Waals surface area contributed by atoms with Gasteiger partial charge in [-0.1, -0.05) is 48.5 Å². The van der Waals surface area contributed by atoms with E-state index in [1.165, 1.54) is 18.3 Å². The van der Waals surface area contributed by atoms with Gasteiger partial charge in [0.2, 0.25) is 0 Å². The lowest BCUT2D eigenvalue weighted by molar-refractivity contribution is -0.0368. The molecule has 1 amide bonds. The van der Waals surface area contributed by atoms with Crippen molar-refractivity contribution in [2.75, 3.05) is 31.1 Å². The maximum absolute atomic E-state index is 15.5. The van der Waals surface area contributed by atoms with Gasteiger partial charge in [0.05, 0.1) is 11.6 Å². The zero-order valence-electron chi connectivity index (χ0n) is 28.8. The van der Waals surface area contributed by atoms with Crippen LogP contribution in [-0.4, -0.2) is 57.1 Å². The van der Waals surface area contributed by atoms with E-state index in [1.807, 2.05) is 42.5 Å². The molecule has 2 aliphatic heterocycles. The third-order valence-corrected chi connectivity index (χ3v) is 11.2. The van der Waals surface area contributed by atoms with Gasteiger partial charge in [-0.3, -0.25) is 4.79 Å². The molecule has 0 spiro atoms. The Morgan fingerprint density at radius 2 is 1.85 bits per heavy atom. The van der Waals surface area contributed by atoms with Gasteiger partial charge < -0.3 is 24.7 Å². The SMILES string of the molecule is O=C(NC[C@]1(c2ccccc2F)[C@@H]2CCN(c3cnc4c(-c5ccc(F)c6c(=O)[nH]ccc56)nn(C5CCCCO5)c4n3)C[C@@H]21)OCc1ccccc1. The molecule has 0 radical (unpaired) electrons. The van der Waals surface area contributed by atoms with Crippen LogP contribution in [0.25, 0.3) is 33.2 Å². The highest BCUT2D eigenvalue weighted by Gasteiger charge is 2.67. The lowest BCUT2D eigenvalue weighted by Gasteiger charge is -2.27. The number of pyridine rings is 1. The van der Waals surface area contributed by atoms with Crippen LogP contribution in [0.3, 0.4) is 0 Å². The molecule has 270 valence electrons. The van der Waals surface area contributed by atoms with Crippen LogP contribution in [0.1, 0.15) is 43.0 Å². The van der Waals surface area contributed by atoms with Crippen molar-refractivity contribution in [3.05, 3.63) is 118 Å². The van der Waals surface area contributed by atoms with Crippen LogP contribution in [-0.2, 0) is 21.5 Å². The minimum absolute atomic E-state index is 0.0332. The predicted molar refractivity (Wildman–Crippen MR) is 194 cm³/mol. The number of amides is 1. The molecule has 1 unspecified atom stereocenters. The quantitative estimate of drug-likeness (QED) is 0.180. The van der Waals surface area contributed by atoms with Crippen molar-refractivity contribution in [1.82, 2.24) is 30.0 Å². The Bertz CT molecular complexity index is 2400. The van der Waals surface area contributed by atoms with Gasteiger partial charge in [-0.25, -0.2) is 28.2 Å². The number of aromatic amines is 1. The summed E-state index contributed by atoms with van der Waals surface area (Å²) in [5.74, 6) is -0.0966. The highest BCUT2D eigenvalue weighted by molar-refractivity contribution is 6.01. The smallest absolute Gasteiger partial charge is 0.407 e. The minimum atomic E-state index is -0.618. The molecule has 0 bridgehead atoms. The average Bonchev–Trinajstić information content (AvgIpc) is 3.68. The molecule has 5 heterocycles. The number of nitrogens with one attached hydrogen (secondary N) is 2. The summed E-state index contributed by atoms with van der Waals surface area (Å²) in [5, 5.41) is 8.30. The van der Waals surface area contributed by atoms with Gasteiger partial charge in [0.1, 0.15) is 35.3 Å². The summed E-state index contributed by atoms with van der Waals surface area (Å²) >= 11 is 0. The second-order valence-electron chi connectivity index (χ2n) is 14.1. The highest BCUT2D eigenvalue weighted by Crippen LogP contribution is 2.63. The van der Waals surface area contributed by atoms with Crippen molar-refractivity contribution in [3.63, 3.8) is 0 Å². The Balaban J connectivity index is 1.03. The Hall–Kier alpha value is -5.69. The Kier molecular flexibility index (Phi) is 8.37. The number of ether oxygens (including phenoxy) is 2. The molecule has 3 aromatic heterocycles. The number of anilines is 1. The van der Waals surface area contributed by atoms with Crippen molar-refractivity contribution in [3.8, 4) is 11.3 Å². The molecule has 9 rings (SSSR count). The fraction of sp³-hybridized carbons (Fsp3) is 0.325. The number of alkyl carbamates (subject to hydrolysis) is 1. The van der Waals surface area contributed by atoms with E-state index >= 15 is 4.39 Å². The zero-order chi connectivity index (χ0) is 36.1. The second kappa shape index (κ2) is 13.4. The van der Waals surface area contributed by atoms with E-state index in [0.717, 1.165) is 31.2 Å². The van der Waals surface area contributed by atoms with Crippen LogP contribution < -0.4 is 15.8 Å². The molecule has 1 aliphatic carbocycles. The normalized spacial score (nSPS) is 22.5. The van der Waals surface area contributed by atoms with Crippen molar-refractivity contribution < 1.29 is 23.0 Å². The number of halogens is 2. The monoisotopic (exact) mass is 717 g/mol. The summed E-state index contributed by atoms with van der Waals surface area (Å²) < 4.78 is 43.8. The van der Waals surface area contributed by atoms with Crippen molar-refractivity contribution in [1.29, 1.82) is 0 Å². The first-order valence-electron chi connectivity index (χ1n) is 18.0. The fourth-order valence-corrected chi connectivity index (χ4v) is 8.60. The predicted octanol–water partition coefficient (Wildman–Crippen LogP) is 6.63. The lowest BCUT2D eigenvalue weighted by Crippen LogP contribution is -2.36. The van der Waals surface area contributed by atoms with Crippen LogP contribution in [0.2, 0.25) is 0 Å². The number of hydrogen-bond acceptors (Lipinski definition) is 8. The number of H-pyrrole nitrogens is 1. The molecule has 2 N–H and O–H groups in total. The molecule has 13 heteroatoms. The minimum Gasteiger partial charge on any atom is -0.445 e. The van der Waals surface area contributed by atoms with Crippen LogP contribution >= 0.6 is 0 Å². The van der Waals surface area contributed by atoms with Gasteiger partial charge >= 0.3 is 6.09 Å². The van der Waals surface area contributed by atoms with Crippen LogP contribution in [0.15, 0.2) is 90.0 Å². The number of carbonyl (C=O) groups excluding carboxylic acids is 1. The highest BCUT2D eigenvalue weighted by atomic mass is 19.1. The van der Waals surface area contributed by atoms with E-state index < -0.39 is 22.9 Å². The maximum atomic E-state index is 15.5. The number of hydrogen-bond donors (Lipinski definition) is 2. The Morgan fingerprint density at radius 1 is 1.00 bits per heavy atom. The average molecular weight is 718 g/mol. The molecule has 3 aromatic carbocycles. The number of piperidine rings is 1. The standard InChI is InChI=1S/C40H37F2N7O4/c41-30-11-5-4-10-28(30)40(23-45-39(51)53-22-24-8-2-1-3-9-24)27-16-18-48(21-29(27)40)32-20-44-36-35(47-49(37(36)46-32)33-12-6-7-19-52-33)26-13-14-31(42)34-25(26)15-17-43-38(34)50/h1-5,8-11,13-15,17,20,27,29,33H,6-7,12,16,18-19,21-23H2,(H,43,50)(H,45,51)/t27-,29+,33?,40-/m1/s1. The summed E-state index contributed by atoms with van der Waals surface area (Å²) in [5.41, 5.74) is 2.41. The van der Waals surface area contributed by atoms with Crippen molar-refractivity contribution >= 4 is 33.8 Å². The van der Waals surface area contributed by atoms with E-state index in [0.29, 0.717) is 58.9 Å². The van der Waals surface area contributed by atoms with Gasteiger partial charge in [-0.15, -0.1) is 0 Å². The molecular weight excluding hydrogens is 680 g/mol. The molecule has 11 nitrogen and oxygen atoms in total. The van der Waals surface area contributed by atoms with Gasteiger partial charge in [-0.05, 0) is 72.9 Å². The van der Waals surface area contributed by atoms with E-state index in [2.05, 4.69) is 15.2 Å². The topological polar surface area (TPSA) is 127 Å². The summed E-state index contributed by atoms with van der Waals surface area (Å²) in [4.78, 5) is 40.3. The third-order valence-electron chi connectivity index (χ3n) is 11.2. The first-order chi connectivity index (χ1) is 25.9. The largest absolute Gasteiger partial charge is 0.445 e. The third kappa shape index (κ3) is 5.79. The van der Waals surface area contributed by atoms with Crippen molar-refractivity contribution in [2.45, 2.75) is 43.9 Å². The first-order valence-corrected chi connectivity index (χ1v) is 18.0. The molecule has 2 saturated heterocycles. The number of carbonyl (C=O) groups is 1. The number of fused-ring (bicyclic) bond motifs is 3. The molecule has 53 heavy (non-hydrogen) atoms. The van der Waals surface area contributed by atoms with E-state index in [4.69, 9.17) is 24.5 Å². The molecular formula is C40H37F2N7O4. The van der Waals surface area contributed by atoms with Gasteiger partial charge in [0, 0.05) is 48.8 Å². The number of benzene rings is 3. The van der Waals surface area contributed by atoms with Gasteiger partial charge in [-0.2, -0.15) is 5.10 Å². The van der Waals surface area contributed by atoms with E-state index in [-0.39, 0.29) is 42.4 Å². The van der Waals surface area contributed by atoms with Gasteiger partial charge in [0.15, 0.2) is 11.9 Å². The van der Waals surface area contributed by atoms with Crippen molar-refractivity contribution in [2.24, 2.45) is 11.8 Å². The molecule has 3 fully saturated rings. The van der Waals surface area contributed by atoms with Crippen LogP contribution in [0.5, 0.6) is 0 Å². The Labute approximate surface area is 303 Å². The molecule has 1 saturated carbocycles. The maximum Gasteiger partial charge on any atom is 0.407 e. The Morgan fingerprint density at radius 3 is 2.68 bits per heavy atom. The van der Waals surface area contributed by atoms with E-state index in [1.54, 1.807) is 29.1 Å². The molecule has 4 atom stereocenters. The van der Waals surface area contributed by atoms with Gasteiger partial charge in [0.25, 0.3) is 5.56 Å². The number of rotatable bonds is 8. The molecule has 6 aromatic rings. The summed E-state index contributed by atoms with van der Waals surface area (Å²) in [6, 6.07) is 20.8. The van der Waals surface area contributed by atoms with Crippen LogP contribution in [0.4, 0.5) is 19.4 Å². The zero-order valence-corrected chi connectivity index (χ0v) is 28.8. The second-order valence-corrected chi connectivity index (χ2v) is 14.1. The summed E-state index contributed by atoms with van der Waals surface area (Å²) in [6.07, 6.45) is 5.70. The number of aromatic nitrogens is 5. The van der Waals surface area contributed by atoms with E-state index in [9.17, 15) is 14.0 Å². The first kappa shape index (κ1) is 33.2. The number of nitrogens with zero attached hydrogens (tertiary/aromatic N) is 5. The fourth-order valence-electron chi connectivity index (χ4n) is 8.60. The summed E-state index contributed by atoms with van der Waals surface area (Å²) in [6.45, 7) is 2.19. The summed E-state index contributed by atoms with van der Waals surface area (Å²) in [7, 11) is 0.